The Labute approximate surface area is 106 Å². The van der Waals surface area contributed by atoms with Gasteiger partial charge in [-0.25, -0.2) is 0 Å². The van der Waals surface area contributed by atoms with E-state index in [0.717, 1.165) is 19.4 Å². The van der Waals surface area contributed by atoms with Crippen LogP contribution in [0.4, 0.5) is 0 Å². The normalized spacial score (nSPS) is 31.5. The number of hydrogen-bond acceptors (Lipinski definition) is 3. The highest BCUT2D eigenvalue weighted by molar-refractivity contribution is 7.99. The van der Waals surface area contributed by atoms with Crippen molar-refractivity contribution >= 4 is 23.6 Å². The summed E-state index contributed by atoms with van der Waals surface area (Å²) in [5.74, 6) is 2.98. The van der Waals surface area contributed by atoms with Crippen LogP contribution in [0.25, 0.3) is 0 Å². The third-order valence-electron chi connectivity index (χ3n) is 3.65. The van der Waals surface area contributed by atoms with Gasteiger partial charge in [0.25, 0.3) is 0 Å². The van der Waals surface area contributed by atoms with Crippen LogP contribution < -0.4 is 5.32 Å². The van der Waals surface area contributed by atoms with E-state index in [0.29, 0.717) is 5.92 Å². The molecule has 1 N–H and O–H groups in total. The summed E-state index contributed by atoms with van der Waals surface area (Å²) >= 11 is 1.98. The average molecular weight is 256 g/mol. The smallest absolute Gasteiger partial charge is 0.245 e. The molecule has 2 aliphatic rings. The number of carbonyl (C=O) groups is 2. The van der Waals surface area contributed by atoms with Gasteiger partial charge in [-0.15, -0.1) is 0 Å². The van der Waals surface area contributed by atoms with Crippen LogP contribution in [0.3, 0.4) is 0 Å². The Balaban J connectivity index is 2.00. The molecule has 0 bridgehead atoms. The van der Waals surface area contributed by atoms with Crippen LogP contribution in [0.15, 0.2) is 0 Å². The van der Waals surface area contributed by atoms with Crippen molar-refractivity contribution in [3.8, 4) is 0 Å². The lowest BCUT2D eigenvalue weighted by Gasteiger charge is -2.38. The van der Waals surface area contributed by atoms with E-state index < -0.39 is 0 Å². The first kappa shape index (κ1) is 12.7. The van der Waals surface area contributed by atoms with Gasteiger partial charge in [0.1, 0.15) is 12.1 Å². The first-order valence-electron chi connectivity index (χ1n) is 6.28. The first-order valence-corrected chi connectivity index (χ1v) is 7.43. The van der Waals surface area contributed by atoms with Crippen LogP contribution in [-0.4, -0.2) is 46.8 Å². The maximum Gasteiger partial charge on any atom is 0.245 e. The van der Waals surface area contributed by atoms with Crippen LogP contribution in [0.2, 0.25) is 0 Å². The summed E-state index contributed by atoms with van der Waals surface area (Å²) in [5, 5.41) is 2.71. The monoisotopic (exact) mass is 256 g/mol. The Kier molecular flexibility index (Phi) is 3.97. The molecule has 0 aromatic carbocycles. The molecular formula is C12H20N2O2S. The molecule has 2 atom stereocenters. The second kappa shape index (κ2) is 5.29. The van der Waals surface area contributed by atoms with Crippen molar-refractivity contribution in [3.05, 3.63) is 0 Å². The van der Waals surface area contributed by atoms with E-state index in [-0.39, 0.29) is 23.9 Å². The molecule has 0 aliphatic carbocycles. The van der Waals surface area contributed by atoms with Gasteiger partial charge in [-0.05, 0) is 44.1 Å². The second-order valence-corrected chi connectivity index (χ2v) is 6.18. The molecule has 2 unspecified atom stereocenters. The molecule has 0 aromatic heterocycles. The minimum Gasteiger partial charge on any atom is -0.343 e. The first-order chi connectivity index (χ1) is 8.09. The quantitative estimate of drug-likeness (QED) is 0.797. The van der Waals surface area contributed by atoms with Crippen molar-refractivity contribution in [1.29, 1.82) is 0 Å². The highest BCUT2D eigenvalue weighted by atomic mass is 32.2. The van der Waals surface area contributed by atoms with Gasteiger partial charge in [0.15, 0.2) is 0 Å². The lowest BCUT2D eigenvalue weighted by atomic mass is 9.99. The Morgan fingerprint density at radius 3 is 2.59 bits per heavy atom. The van der Waals surface area contributed by atoms with Gasteiger partial charge < -0.3 is 10.2 Å². The molecule has 96 valence electrons. The molecule has 0 aromatic rings. The van der Waals surface area contributed by atoms with Gasteiger partial charge in [-0.2, -0.15) is 11.8 Å². The summed E-state index contributed by atoms with van der Waals surface area (Å²) in [6.07, 6.45) is 2.33. The molecule has 2 aliphatic heterocycles. The summed E-state index contributed by atoms with van der Waals surface area (Å²) in [7, 11) is 0. The third kappa shape index (κ3) is 2.76. The highest BCUT2D eigenvalue weighted by Crippen LogP contribution is 2.25. The summed E-state index contributed by atoms with van der Waals surface area (Å²) in [4.78, 5) is 25.5. The molecule has 2 fully saturated rings. The predicted octanol–water partition coefficient (Wildman–Crippen LogP) is 0.865. The van der Waals surface area contributed by atoms with E-state index >= 15 is 0 Å². The number of piperazine rings is 1. The van der Waals surface area contributed by atoms with Crippen LogP contribution >= 0.6 is 11.8 Å². The molecule has 0 spiro atoms. The molecule has 2 rings (SSSR count). The van der Waals surface area contributed by atoms with E-state index in [2.05, 4.69) is 5.32 Å². The van der Waals surface area contributed by atoms with E-state index in [1.165, 1.54) is 11.5 Å². The van der Waals surface area contributed by atoms with Gasteiger partial charge in [-0.1, -0.05) is 0 Å². The van der Waals surface area contributed by atoms with Gasteiger partial charge in [0.05, 0.1) is 0 Å². The van der Waals surface area contributed by atoms with E-state index in [1.807, 2.05) is 18.7 Å². The molecule has 5 heteroatoms. The number of nitrogens with zero attached hydrogens (tertiary/aromatic N) is 1. The SMILES string of the molecule is CC1NC(=O)C(C)N(CC2CCSCC2)C1=O. The molecule has 2 saturated heterocycles. The minimum atomic E-state index is -0.364. The largest absolute Gasteiger partial charge is 0.343 e. The molecule has 4 nitrogen and oxygen atoms in total. The summed E-state index contributed by atoms with van der Waals surface area (Å²) in [6.45, 7) is 4.32. The fraction of sp³-hybridized carbons (Fsp3) is 0.833. The molecular weight excluding hydrogens is 236 g/mol. The predicted molar refractivity (Wildman–Crippen MR) is 68.8 cm³/mol. The topological polar surface area (TPSA) is 49.4 Å². The molecule has 17 heavy (non-hydrogen) atoms. The van der Waals surface area contributed by atoms with Crippen molar-refractivity contribution in [1.82, 2.24) is 10.2 Å². The third-order valence-corrected chi connectivity index (χ3v) is 4.70. The lowest BCUT2D eigenvalue weighted by Crippen LogP contribution is -2.62. The summed E-state index contributed by atoms with van der Waals surface area (Å²) in [6, 6.07) is -0.676. The molecule has 2 amide bonds. The van der Waals surface area contributed by atoms with Crippen molar-refractivity contribution < 1.29 is 9.59 Å². The molecule has 0 saturated carbocycles. The standard InChI is InChI=1S/C12H20N2O2S/c1-8-12(16)14(9(2)11(15)13-8)7-10-3-5-17-6-4-10/h8-10H,3-7H2,1-2H3,(H,13,15). The Morgan fingerprint density at radius 1 is 1.29 bits per heavy atom. The van der Waals surface area contributed by atoms with Gasteiger partial charge in [0.2, 0.25) is 11.8 Å². The number of nitrogens with one attached hydrogen (secondary N) is 1. The van der Waals surface area contributed by atoms with Crippen LogP contribution in [0.5, 0.6) is 0 Å². The van der Waals surface area contributed by atoms with Gasteiger partial charge in [0, 0.05) is 6.54 Å². The van der Waals surface area contributed by atoms with Crippen LogP contribution in [0.1, 0.15) is 26.7 Å². The fourth-order valence-corrected chi connectivity index (χ4v) is 3.64. The zero-order chi connectivity index (χ0) is 12.4. The maximum atomic E-state index is 12.1. The number of carbonyl (C=O) groups excluding carboxylic acids is 2. The van der Waals surface area contributed by atoms with E-state index in [4.69, 9.17) is 0 Å². The second-order valence-electron chi connectivity index (χ2n) is 4.95. The van der Waals surface area contributed by atoms with Crippen molar-refractivity contribution in [2.24, 2.45) is 5.92 Å². The molecule has 2 heterocycles. The zero-order valence-electron chi connectivity index (χ0n) is 10.4. The highest BCUT2D eigenvalue weighted by Gasteiger charge is 2.36. The van der Waals surface area contributed by atoms with Crippen molar-refractivity contribution in [3.63, 3.8) is 0 Å². The Hall–Kier alpha value is -0.710. The van der Waals surface area contributed by atoms with Crippen molar-refractivity contribution in [2.45, 2.75) is 38.8 Å². The minimum absolute atomic E-state index is 0.0257. The average Bonchev–Trinajstić information content (AvgIpc) is 2.33. The van der Waals surface area contributed by atoms with E-state index in [9.17, 15) is 9.59 Å². The van der Waals surface area contributed by atoms with Crippen molar-refractivity contribution in [2.75, 3.05) is 18.1 Å². The van der Waals surface area contributed by atoms with Crippen LogP contribution in [-0.2, 0) is 9.59 Å². The number of hydrogen-bond donors (Lipinski definition) is 1. The molecule has 0 radical (unpaired) electrons. The van der Waals surface area contributed by atoms with Gasteiger partial charge in [-0.3, -0.25) is 9.59 Å². The van der Waals surface area contributed by atoms with Gasteiger partial charge >= 0.3 is 0 Å². The summed E-state index contributed by atoms with van der Waals surface area (Å²) in [5.41, 5.74) is 0. The Morgan fingerprint density at radius 2 is 1.94 bits per heavy atom. The van der Waals surface area contributed by atoms with Crippen LogP contribution in [0, 0.1) is 5.92 Å². The number of rotatable bonds is 2. The zero-order valence-corrected chi connectivity index (χ0v) is 11.3. The number of amides is 2. The number of thioether (sulfide) groups is 1. The lowest BCUT2D eigenvalue weighted by molar-refractivity contribution is -0.148. The fourth-order valence-electron chi connectivity index (χ4n) is 2.43. The maximum absolute atomic E-state index is 12.1. The van der Waals surface area contributed by atoms with E-state index in [1.54, 1.807) is 11.8 Å². The Bertz CT molecular complexity index is 316. The summed E-state index contributed by atoms with van der Waals surface area (Å²) < 4.78 is 0.